The number of carbonyl (C=O) groups is 2. The second kappa shape index (κ2) is 7.18. The fourth-order valence-electron chi connectivity index (χ4n) is 1.68. The van der Waals surface area contributed by atoms with Gasteiger partial charge >= 0.3 is 11.8 Å². The molecule has 1 aromatic carbocycles. The van der Waals surface area contributed by atoms with E-state index in [4.69, 9.17) is 0 Å². The van der Waals surface area contributed by atoms with E-state index in [-0.39, 0.29) is 0 Å². The Hall–Kier alpha value is -2.70. The van der Waals surface area contributed by atoms with Crippen LogP contribution in [0.4, 0.5) is 10.1 Å². The molecule has 110 valence electrons. The largest absolute Gasteiger partial charge is 0.348 e. The summed E-state index contributed by atoms with van der Waals surface area (Å²) in [5, 5.41) is 4.91. The van der Waals surface area contributed by atoms with E-state index >= 15 is 0 Å². The molecule has 1 heterocycles. The van der Waals surface area contributed by atoms with Crippen LogP contribution < -0.4 is 10.6 Å². The van der Waals surface area contributed by atoms with Gasteiger partial charge in [0.25, 0.3) is 0 Å². The van der Waals surface area contributed by atoms with Gasteiger partial charge < -0.3 is 15.2 Å². The molecule has 0 atom stereocenters. The molecule has 0 aliphatic carbocycles. The van der Waals surface area contributed by atoms with Crippen molar-refractivity contribution < 1.29 is 14.0 Å². The smallest absolute Gasteiger partial charge is 0.313 e. The monoisotopic (exact) mass is 290 g/mol. The predicted molar refractivity (Wildman–Crippen MR) is 74.9 cm³/mol. The first-order valence-corrected chi connectivity index (χ1v) is 6.45. The average Bonchev–Trinajstić information content (AvgIpc) is 2.99. The zero-order valence-corrected chi connectivity index (χ0v) is 11.3. The maximum atomic E-state index is 12.7. The Morgan fingerprint density at radius 3 is 2.62 bits per heavy atom. The molecule has 7 heteroatoms. The fourth-order valence-corrected chi connectivity index (χ4v) is 1.68. The molecule has 0 fully saturated rings. The summed E-state index contributed by atoms with van der Waals surface area (Å²) < 4.78 is 14.6. The van der Waals surface area contributed by atoms with Crippen molar-refractivity contribution in [2.75, 3.05) is 11.9 Å². The number of halogens is 1. The average molecular weight is 290 g/mol. The molecule has 0 saturated heterocycles. The number of amides is 2. The van der Waals surface area contributed by atoms with Crippen molar-refractivity contribution in [3.63, 3.8) is 0 Å². The minimum absolute atomic E-state index is 0.370. The Kier molecular flexibility index (Phi) is 5.03. The summed E-state index contributed by atoms with van der Waals surface area (Å²) in [6, 6.07) is 5.19. The van der Waals surface area contributed by atoms with Crippen molar-refractivity contribution >= 4 is 17.5 Å². The third-order valence-corrected chi connectivity index (χ3v) is 2.75. The van der Waals surface area contributed by atoms with Crippen molar-refractivity contribution in [3.05, 3.63) is 48.8 Å². The highest BCUT2D eigenvalue weighted by molar-refractivity contribution is 6.39. The van der Waals surface area contributed by atoms with Crippen molar-refractivity contribution in [1.29, 1.82) is 0 Å². The Balaban J connectivity index is 1.70. The van der Waals surface area contributed by atoms with Gasteiger partial charge in [0.2, 0.25) is 0 Å². The van der Waals surface area contributed by atoms with Crippen molar-refractivity contribution in [2.24, 2.45) is 0 Å². The zero-order chi connectivity index (χ0) is 15.1. The molecule has 0 aliphatic rings. The number of benzene rings is 1. The highest BCUT2D eigenvalue weighted by Gasteiger charge is 2.12. The predicted octanol–water partition coefficient (Wildman–Crippen LogP) is 1.17. The van der Waals surface area contributed by atoms with Crippen molar-refractivity contribution in [3.8, 4) is 0 Å². The lowest BCUT2D eigenvalue weighted by Gasteiger charge is -2.06. The van der Waals surface area contributed by atoms with E-state index in [0.29, 0.717) is 25.2 Å². The molecule has 0 unspecified atom stereocenters. The minimum atomic E-state index is -0.774. The van der Waals surface area contributed by atoms with E-state index in [2.05, 4.69) is 15.6 Å². The van der Waals surface area contributed by atoms with Crippen molar-refractivity contribution in [2.45, 2.75) is 13.0 Å². The molecule has 2 rings (SSSR count). The van der Waals surface area contributed by atoms with Crippen LogP contribution in [0.2, 0.25) is 0 Å². The van der Waals surface area contributed by atoms with Gasteiger partial charge in [-0.05, 0) is 30.7 Å². The van der Waals surface area contributed by atoms with E-state index in [0.717, 1.165) is 0 Å². The highest BCUT2D eigenvalue weighted by Crippen LogP contribution is 2.07. The third-order valence-electron chi connectivity index (χ3n) is 2.75. The number of rotatable bonds is 5. The van der Waals surface area contributed by atoms with E-state index in [1.165, 1.54) is 24.3 Å². The van der Waals surface area contributed by atoms with Gasteiger partial charge in [-0.15, -0.1) is 0 Å². The Morgan fingerprint density at radius 1 is 1.19 bits per heavy atom. The summed E-state index contributed by atoms with van der Waals surface area (Å²) in [4.78, 5) is 27.0. The van der Waals surface area contributed by atoms with E-state index < -0.39 is 17.6 Å². The molecular formula is C14H15FN4O2. The van der Waals surface area contributed by atoms with Crippen LogP contribution >= 0.6 is 0 Å². The molecule has 0 radical (unpaired) electrons. The number of hydrogen-bond acceptors (Lipinski definition) is 3. The van der Waals surface area contributed by atoms with Crippen LogP contribution in [0.1, 0.15) is 6.42 Å². The van der Waals surface area contributed by atoms with Gasteiger partial charge in [0.05, 0.1) is 6.33 Å². The normalized spacial score (nSPS) is 10.1. The summed E-state index contributed by atoms with van der Waals surface area (Å²) in [5.41, 5.74) is 0.370. The van der Waals surface area contributed by atoms with E-state index in [1.807, 2.05) is 10.8 Å². The molecule has 0 spiro atoms. The van der Waals surface area contributed by atoms with Gasteiger partial charge in [-0.1, -0.05) is 0 Å². The summed E-state index contributed by atoms with van der Waals surface area (Å²) in [6.45, 7) is 1.09. The molecule has 2 aromatic rings. The number of aromatic nitrogens is 2. The van der Waals surface area contributed by atoms with Gasteiger partial charge in [0, 0.05) is 31.2 Å². The van der Waals surface area contributed by atoms with Crippen molar-refractivity contribution in [1.82, 2.24) is 14.9 Å². The number of hydrogen-bond donors (Lipinski definition) is 2. The summed E-state index contributed by atoms with van der Waals surface area (Å²) in [5.74, 6) is -1.90. The number of imidazole rings is 1. The number of nitrogens with one attached hydrogen (secondary N) is 2. The Bertz CT molecular complexity index is 596. The lowest BCUT2D eigenvalue weighted by molar-refractivity contribution is -0.136. The topological polar surface area (TPSA) is 76.0 Å². The molecule has 1 aromatic heterocycles. The first-order valence-electron chi connectivity index (χ1n) is 6.45. The molecule has 0 saturated carbocycles. The second-order valence-corrected chi connectivity index (χ2v) is 4.37. The van der Waals surface area contributed by atoms with Gasteiger partial charge in [0.15, 0.2) is 0 Å². The zero-order valence-electron chi connectivity index (χ0n) is 11.3. The van der Waals surface area contributed by atoms with E-state index in [9.17, 15) is 14.0 Å². The standard InChI is InChI=1S/C14H15FN4O2/c15-11-2-4-12(5-3-11)18-14(21)13(20)17-6-1-8-19-9-7-16-10-19/h2-5,7,9-10H,1,6,8H2,(H,17,20)(H,18,21). The third kappa shape index (κ3) is 4.72. The fraction of sp³-hybridized carbons (Fsp3) is 0.214. The number of anilines is 1. The second-order valence-electron chi connectivity index (χ2n) is 4.37. The molecule has 2 N–H and O–H groups in total. The van der Waals surface area contributed by atoms with Crippen LogP contribution in [0.25, 0.3) is 0 Å². The number of aryl methyl sites for hydroxylation is 1. The minimum Gasteiger partial charge on any atom is -0.348 e. The molecule has 21 heavy (non-hydrogen) atoms. The van der Waals surface area contributed by atoms with E-state index in [1.54, 1.807) is 12.5 Å². The summed E-state index contributed by atoms with van der Waals surface area (Å²) in [7, 11) is 0. The quantitative estimate of drug-likeness (QED) is 0.641. The maximum Gasteiger partial charge on any atom is 0.313 e. The summed E-state index contributed by atoms with van der Waals surface area (Å²) >= 11 is 0. The first-order chi connectivity index (χ1) is 10.1. The van der Waals surface area contributed by atoms with Crippen LogP contribution in [-0.4, -0.2) is 27.9 Å². The molecule has 0 bridgehead atoms. The molecule has 2 amide bonds. The van der Waals surface area contributed by atoms with Gasteiger partial charge in [-0.2, -0.15) is 0 Å². The number of nitrogens with zero attached hydrogens (tertiary/aromatic N) is 2. The van der Waals surface area contributed by atoms with Crippen LogP contribution in [0, 0.1) is 5.82 Å². The molecule has 6 nitrogen and oxygen atoms in total. The van der Waals surface area contributed by atoms with Gasteiger partial charge in [0.1, 0.15) is 5.82 Å². The van der Waals surface area contributed by atoms with Gasteiger partial charge in [-0.3, -0.25) is 9.59 Å². The first kappa shape index (κ1) is 14.7. The maximum absolute atomic E-state index is 12.7. The van der Waals surface area contributed by atoms with Crippen LogP contribution in [-0.2, 0) is 16.1 Å². The molecular weight excluding hydrogens is 275 g/mol. The Labute approximate surface area is 121 Å². The Morgan fingerprint density at radius 2 is 1.95 bits per heavy atom. The number of carbonyl (C=O) groups excluding carboxylic acids is 2. The van der Waals surface area contributed by atoms with Crippen LogP contribution in [0.15, 0.2) is 43.0 Å². The highest BCUT2D eigenvalue weighted by atomic mass is 19.1. The van der Waals surface area contributed by atoms with Crippen LogP contribution in [0.5, 0.6) is 0 Å². The lowest BCUT2D eigenvalue weighted by Crippen LogP contribution is -2.36. The SMILES string of the molecule is O=C(NCCCn1ccnc1)C(=O)Nc1ccc(F)cc1. The molecule has 0 aliphatic heterocycles. The summed E-state index contributed by atoms with van der Waals surface area (Å²) in [6.07, 6.45) is 5.87. The lowest BCUT2D eigenvalue weighted by atomic mass is 10.3. The van der Waals surface area contributed by atoms with Gasteiger partial charge in [-0.25, -0.2) is 9.37 Å². The van der Waals surface area contributed by atoms with Crippen LogP contribution in [0.3, 0.4) is 0 Å².